The van der Waals surface area contributed by atoms with Crippen molar-refractivity contribution in [3.8, 4) is 0 Å². The van der Waals surface area contributed by atoms with Gasteiger partial charge in [0, 0.05) is 0 Å². The molecule has 0 fully saturated rings. The number of sulfonamides is 1. The molecular weight excluding hydrogens is 331 g/mol. The summed E-state index contributed by atoms with van der Waals surface area (Å²) in [4.78, 5) is 11.3. The van der Waals surface area contributed by atoms with E-state index in [1.165, 1.54) is 18.4 Å². The summed E-state index contributed by atoms with van der Waals surface area (Å²) in [5, 5.41) is 2.07. The standard InChI is InChI=1S/C13H17FN2O4S2/c1-13(2,3)20-12(17)15-11(21-4)16-22(18,19)10-7-5-6-9(14)8-10/h5-8H,1-4H3,(H,15,16,17). The molecule has 22 heavy (non-hydrogen) atoms. The molecule has 0 aliphatic heterocycles. The van der Waals surface area contributed by atoms with Crippen LogP contribution in [-0.4, -0.2) is 31.5 Å². The monoisotopic (exact) mass is 348 g/mol. The first-order chi connectivity index (χ1) is 10.0. The van der Waals surface area contributed by atoms with Crippen molar-refractivity contribution in [3.05, 3.63) is 30.1 Å². The van der Waals surface area contributed by atoms with Crippen molar-refractivity contribution in [2.75, 3.05) is 6.26 Å². The zero-order valence-electron chi connectivity index (χ0n) is 12.6. The molecule has 1 rings (SSSR count). The molecule has 0 aromatic heterocycles. The predicted octanol–water partition coefficient (Wildman–Crippen LogP) is 2.76. The highest BCUT2D eigenvalue weighted by atomic mass is 32.2. The van der Waals surface area contributed by atoms with Crippen molar-refractivity contribution in [1.29, 1.82) is 0 Å². The first-order valence-electron chi connectivity index (χ1n) is 6.18. The van der Waals surface area contributed by atoms with Gasteiger partial charge in [0.1, 0.15) is 11.4 Å². The average Bonchev–Trinajstić information content (AvgIpc) is 2.35. The van der Waals surface area contributed by atoms with E-state index in [4.69, 9.17) is 4.74 Å². The Kier molecular flexibility index (Phi) is 5.95. The van der Waals surface area contributed by atoms with Gasteiger partial charge in [0.2, 0.25) is 0 Å². The second-order valence-corrected chi connectivity index (χ2v) is 7.56. The van der Waals surface area contributed by atoms with E-state index in [0.29, 0.717) is 0 Å². The minimum atomic E-state index is -4.13. The van der Waals surface area contributed by atoms with Crippen molar-refractivity contribution in [1.82, 2.24) is 5.32 Å². The zero-order chi connectivity index (χ0) is 17.0. The van der Waals surface area contributed by atoms with Crippen LogP contribution in [-0.2, 0) is 14.8 Å². The number of amides is 1. The summed E-state index contributed by atoms with van der Waals surface area (Å²) in [6.45, 7) is 5.02. The smallest absolute Gasteiger partial charge is 0.413 e. The molecule has 0 radical (unpaired) electrons. The molecule has 0 atom stereocenters. The molecule has 1 aromatic rings. The van der Waals surface area contributed by atoms with Crippen LogP contribution < -0.4 is 5.32 Å². The van der Waals surface area contributed by atoms with E-state index in [0.717, 1.165) is 23.9 Å². The van der Waals surface area contributed by atoms with Gasteiger partial charge in [-0.3, -0.25) is 5.32 Å². The molecule has 1 aromatic carbocycles. The summed E-state index contributed by atoms with van der Waals surface area (Å²) in [7, 11) is -4.13. The lowest BCUT2D eigenvalue weighted by molar-refractivity contribution is 0.0564. The van der Waals surface area contributed by atoms with Crippen LogP contribution >= 0.6 is 11.8 Å². The fourth-order valence-electron chi connectivity index (χ4n) is 1.29. The normalized spacial score (nSPS) is 12.9. The largest absolute Gasteiger partial charge is 0.444 e. The Labute approximate surface area is 133 Å². The van der Waals surface area contributed by atoms with Crippen molar-refractivity contribution in [3.63, 3.8) is 0 Å². The van der Waals surface area contributed by atoms with E-state index in [1.807, 2.05) is 0 Å². The lowest BCUT2D eigenvalue weighted by Crippen LogP contribution is -2.35. The van der Waals surface area contributed by atoms with Gasteiger partial charge in [-0.1, -0.05) is 17.8 Å². The van der Waals surface area contributed by atoms with Gasteiger partial charge in [-0.15, -0.1) is 4.40 Å². The third-order valence-electron chi connectivity index (χ3n) is 2.10. The molecule has 122 valence electrons. The number of hydrogen-bond acceptors (Lipinski definition) is 5. The molecule has 0 bridgehead atoms. The van der Waals surface area contributed by atoms with Crippen LogP contribution in [0.15, 0.2) is 33.6 Å². The van der Waals surface area contributed by atoms with Gasteiger partial charge < -0.3 is 4.74 Å². The van der Waals surface area contributed by atoms with E-state index in [-0.39, 0.29) is 10.1 Å². The van der Waals surface area contributed by atoms with Crippen LogP contribution in [0.5, 0.6) is 0 Å². The Bertz CT molecular complexity index is 682. The van der Waals surface area contributed by atoms with Gasteiger partial charge in [-0.25, -0.2) is 9.18 Å². The molecule has 0 aliphatic carbocycles. The summed E-state index contributed by atoms with van der Waals surface area (Å²) in [6, 6.07) is 4.45. The summed E-state index contributed by atoms with van der Waals surface area (Å²) < 4.78 is 45.7. The molecule has 0 aliphatic rings. The number of carbonyl (C=O) groups excluding carboxylic acids is 1. The molecule has 0 heterocycles. The number of nitrogens with one attached hydrogen (secondary N) is 1. The lowest BCUT2D eigenvalue weighted by atomic mass is 10.2. The van der Waals surface area contributed by atoms with Crippen molar-refractivity contribution < 1.29 is 22.3 Å². The van der Waals surface area contributed by atoms with Crippen LogP contribution in [0, 0.1) is 5.82 Å². The topological polar surface area (TPSA) is 84.8 Å². The minimum absolute atomic E-state index is 0.168. The fourth-order valence-corrected chi connectivity index (χ4v) is 2.95. The Morgan fingerprint density at radius 3 is 2.50 bits per heavy atom. The highest BCUT2D eigenvalue weighted by Gasteiger charge is 2.20. The molecule has 9 heteroatoms. The zero-order valence-corrected chi connectivity index (χ0v) is 14.2. The molecular formula is C13H17FN2O4S2. The van der Waals surface area contributed by atoms with Gasteiger partial charge in [0.25, 0.3) is 10.0 Å². The third kappa shape index (κ3) is 6.02. The van der Waals surface area contributed by atoms with Crippen LogP contribution in [0.25, 0.3) is 0 Å². The van der Waals surface area contributed by atoms with Gasteiger partial charge in [0.05, 0.1) is 4.90 Å². The summed E-state index contributed by atoms with van der Waals surface area (Å²) in [5.41, 5.74) is -0.727. The molecule has 1 N–H and O–H groups in total. The summed E-state index contributed by atoms with van der Waals surface area (Å²) >= 11 is 0.915. The Balaban J connectivity index is 2.98. The number of hydrogen-bond donors (Lipinski definition) is 1. The van der Waals surface area contributed by atoms with E-state index in [2.05, 4.69) is 9.71 Å². The number of carbonyl (C=O) groups is 1. The van der Waals surface area contributed by atoms with Crippen LogP contribution in [0.3, 0.4) is 0 Å². The maximum absolute atomic E-state index is 13.1. The van der Waals surface area contributed by atoms with E-state index in [9.17, 15) is 17.6 Å². The van der Waals surface area contributed by atoms with Gasteiger partial charge in [-0.2, -0.15) is 8.42 Å². The van der Waals surface area contributed by atoms with Crippen molar-refractivity contribution in [2.45, 2.75) is 31.3 Å². The molecule has 0 saturated carbocycles. The van der Waals surface area contributed by atoms with E-state index >= 15 is 0 Å². The lowest BCUT2D eigenvalue weighted by Gasteiger charge is -2.19. The Morgan fingerprint density at radius 2 is 2.00 bits per heavy atom. The summed E-state index contributed by atoms with van der Waals surface area (Å²) in [6.07, 6.45) is 0.715. The molecule has 6 nitrogen and oxygen atoms in total. The second kappa shape index (κ2) is 7.10. The SMILES string of the molecule is CS/C(=N\S(=O)(=O)c1cccc(F)c1)NC(=O)OC(C)(C)C. The van der Waals surface area contributed by atoms with Crippen molar-refractivity contribution >= 4 is 33.0 Å². The van der Waals surface area contributed by atoms with Gasteiger partial charge >= 0.3 is 6.09 Å². The van der Waals surface area contributed by atoms with Crippen LogP contribution in [0.2, 0.25) is 0 Å². The van der Waals surface area contributed by atoms with Crippen LogP contribution in [0.1, 0.15) is 20.8 Å². The minimum Gasteiger partial charge on any atom is -0.444 e. The fraction of sp³-hybridized carbons (Fsp3) is 0.385. The summed E-state index contributed by atoms with van der Waals surface area (Å²) in [5.74, 6) is -0.693. The molecule has 1 amide bonds. The Hall–Kier alpha value is -1.61. The predicted molar refractivity (Wildman–Crippen MR) is 83.9 cm³/mol. The van der Waals surface area contributed by atoms with E-state index in [1.54, 1.807) is 20.8 Å². The third-order valence-corrected chi connectivity index (χ3v) is 4.07. The number of halogens is 1. The number of ether oxygens (including phenoxy) is 1. The first kappa shape index (κ1) is 18.4. The maximum atomic E-state index is 13.1. The second-order valence-electron chi connectivity index (χ2n) is 5.16. The Morgan fingerprint density at radius 1 is 1.36 bits per heavy atom. The molecule has 0 unspecified atom stereocenters. The quantitative estimate of drug-likeness (QED) is 0.656. The van der Waals surface area contributed by atoms with Gasteiger partial charge in [-0.05, 0) is 45.2 Å². The highest BCUT2D eigenvalue weighted by molar-refractivity contribution is 8.13. The van der Waals surface area contributed by atoms with Crippen molar-refractivity contribution in [2.24, 2.45) is 4.40 Å². The molecule has 0 spiro atoms. The average molecular weight is 348 g/mol. The number of amidine groups is 1. The molecule has 0 saturated heterocycles. The van der Waals surface area contributed by atoms with Gasteiger partial charge in [0.15, 0.2) is 5.17 Å². The number of alkyl carbamates (subject to hydrolysis) is 1. The number of rotatable bonds is 2. The highest BCUT2D eigenvalue weighted by Crippen LogP contribution is 2.15. The number of benzene rings is 1. The number of nitrogens with zero attached hydrogens (tertiary/aromatic N) is 1. The maximum Gasteiger partial charge on any atom is 0.413 e. The van der Waals surface area contributed by atoms with Crippen LogP contribution in [0.4, 0.5) is 9.18 Å². The number of thioether (sulfide) groups is 1. The first-order valence-corrected chi connectivity index (χ1v) is 8.84. The van der Waals surface area contributed by atoms with E-state index < -0.39 is 27.5 Å².